The molecule has 0 saturated heterocycles. The summed E-state index contributed by atoms with van der Waals surface area (Å²) in [4.78, 5) is 0. The molecule has 0 aliphatic rings. The van der Waals surface area contributed by atoms with Crippen LogP contribution in [-0.2, 0) is 20.3 Å². The van der Waals surface area contributed by atoms with E-state index in [2.05, 4.69) is 10.8 Å². The van der Waals surface area contributed by atoms with E-state index in [1.807, 2.05) is 0 Å². The molecule has 0 amide bonds. The Balaban J connectivity index is 3.35. The average molecular weight is 416 g/mol. The first-order chi connectivity index (χ1) is 11.0. The van der Waals surface area contributed by atoms with Gasteiger partial charge in [-0.05, 0) is 17.7 Å². The number of hydrogen-bond donors (Lipinski definition) is 0. The Bertz CT molecular complexity index is 861. The van der Waals surface area contributed by atoms with Gasteiger partial charge in [0.2, 0.25) is 0 Å². The van der Waals surface area contributed by atoms with Crippen LogP contribution in [0.1, 0.15) is 5.56 Å². The zero-order valence-corrected chi connectivity index (χ0v) is 13.2. The molecular weight excluding hydrogens is 409 g/mol. The number of rotatable bonds is 7. The van der Waals surface area contributed by atoms with Gasteiger partial charge in [-0.3, -0.25) is 0 Å². The summed E-state index contributed by atoms with van der Waals surface area (Å²) in [6.07, 6.45) is 1.23. The summed E-state index contributed by atoms with van der Waals surface area (Å²) in [7, 11) is -14.4. The molecule has 14 heteroatoms. The summed E-state index contributed by atoms with van der Waals surface area (Å²) >= 11 is 0. The zero-order valence-electron chi connectivity index (χ0n) is 11.6. The third kappa shape index (κ3) is 3.44. The second-order valence-electron chi connectivity index (χ2n) is 4.36. The summed E-state index contributed by atoms with van der Waals surface area (Å²) in [5, 5.41) is -13.8. The van der Waals surface area contributed by atoms with Crippen LogP contribution in [0.15, 0.2) is 30.8 Å². The van der Waals surface area contributed by atoms with Crippen molar-refractivity contribution in [2.45, 2.75) is 16.4 Å². The molecule has 0 fully saturated rings. The van der Waals surface area contributed by atoms with Gasteiger partial charge in [-0.2, -0.15) is 43.2 Å². The maximum Gasteiger partial charge on any atom is 0.450 e. The van der Waals surface area contributed by atoms with E-state index in [1.54, 1.807) is 0 Å². The highest BCUT2D eigenvalue weighted by Crippen LogP contribution is 2.51. The van der Waals surface area contributed by atoms with E-state index >= 15 is 0 Å². The van der Waals surface area contributed by atoms with Crippen molar-refractivity contribution in [1.29, 1.82) is 0 Å². The monoisotopic (exact) mass is 416 g/mol. The number of alkyl halides is 6. The highest BCUT2D eigenvalue weighted by molar-refractivity contribution is 7.89. The van der Waals surface area contributed by atoms with Crippen LogP contribution in [0.25, 0.3) is 6.08 Å². The fraction of sp³-hybridized carbons (Fsp3) is 0.273. The van der Waals surface area contributed by atoms with Gasteiger partial charge in [-0.15, -0.1) is 0 Å². The lowest BCUT2D eigenvalue weighted by atomic mass is 10.2. The minimum Gasteiger partial charge on any atom is -0.378 e. The van der Waals surface area contributed by atoms with Crippen molar-refractivity contribution in [2.75, 3.05) is 0 Å². The van der Waals surface area contributed by atoms with Crippen molar-refractivity contribution < 1.29 is 51.2 Å². The first-order valence-electron chi connectivity index (χ1n) is 5.75. The molecule has 0 aromatic heterocycles. The Morgan fingerprint density at radius 1 is 0.880 bits per heavy atom. The van der Waals surface area contributed by atoms with Crippen LogP contribution in [0.4, 0.5) is 30.2 Å². The second kappa shape index (κ2) is 6.16. The smallest absolute Gasteiger partial charge is 0.378 e. The minimum absolute atomic E-state index is 0.330. The van der Waals surface area contributed by atoms with Crippen LogP contribution in [0.5, 0.6) is 5.75 Å². The number of halogens is 7. The fourth-order valence-corrected chi connectivity index (χ4v) is 2.73. The van der Waals surface area contributed by atoms with Crippen molar-refractivity contribution in [3.8, 4) is 5.75 Å². The molecule has 1 aromatic rings. The lowest BCUT2D eigenvalue weighted by Gasteiger charge is -2.29. The maximum absolute atomic E-state index is 13.4. The Kier molecular flexibility index (Phi) is 5.22. The predicted octanol–water partition coefficient (Wildman–Crippen LogP) is 3.16. The van der Waals surface area contributed by atoms with Crippen molar-refractivity contribution in [3.63, 3.8) is 0 Å². The van der Waals surface area contributed by atoms with Gasteiger partial charge in [-0.1, -0.05) is 28.7 Å². The van der Waals surface area contributed by atoms with E-state index in [4.69, 9.17) is 0 Å². The van der Waals surface area contributed by atoms with E-state index in [0.717, 1.165) is 12.1 Å². The van der Waals surface area contributed by atoms with Crippen LogP contribution in [0.2, 0.25) is 0 Å². The predicted molar refractivity (Wildman–Crippen MR) is 70.9 cm³/mol. The van der Waals surface area contributed by atoms with Crippen molar-refractivity contribution in [3.05, 3.63) is 36.4 Å². The van der Waals surface area contributed by atoms with Crippen molar-refractivity contribution in [1.82, 2.24) is 0 Å². The molecule has 0 aliphatic carbocycles. The Morgan fingerprint density at radius 3 is 1.68 bits per heavy atom. The summed E-state index contributed by atoms with van der Waals surface area (Å²) < 4.78 is 137. The van der Waals surface area contributed by atoms with Gasteiger partial charge in [0.25, 0.3) is 0 Å². The van der Waals surface area contributed by atoms with Crippen LogP contribution in [0, 0.1) is 0 Å². The van der Waals surface area contributed by atoms with Crippen molar-refractivity contribution >= 4 is 26.4 Å². The van der Waals surface area contributed by atoms with Gasteiger partial charge in [0, 0.05) is 0 Å². The third-order valence-corrected chi connectivity index (χ3v) is 4.84. The normalized spacial score (nSPS) is 14.2. The molecule has 1 rings (SSSR count). The lowest BCUT2D eigenvalue weighted by Crippen LogP contribution is -2.60. The molecule has 0 saturated carbocycles. The van der Waals surface area contributed by atoms with Crippen LogP contribution in [-0.4, -0.2) is 33.3 Å². The molecule has 0 unspecified atom stereocenters. The zero-order chi connectivity index (χ0) is 19.9. The molecule has 0 heterocycles. The summed E-state index contributed by atoms with van der Waals surface area (Å²) in [6, 6.07) is 3.50. The van der Waals surface area contributed by atoms with Gasteiger partial charge in [-0.25, -0.2) is 0 Å². The molecule has 25 heavy (non-hydrogen) atoms. The molecule has 142 valence electrons. The minimum atomic E-state index is -7.58. The summed E-state index contributed by atoms with van der Waals surface area (Å²) in [5.74, 6) is -8.15. The maximum atomic E-state index is 13.4. The topological polar surface area (TPSA) is 77.5 Å². The van der Waals surface area contributed by atoms with E-state index in [-0.39, 0.29) is 0 Å². The van der Waals surface area contributed by atoms with Gasteiger partial charge in [0.05, 0.1) is 0 Å². The van der Waals surface area contributed by atoms with E-state index in [1.165, 1.54) is 6.08 Å². The molecule has 0 N–H and O–H groups in total. The standard InChI is InChI=1S/C11H7F7O5S2/c1-2-7-3-5-8(6-4-7)23-25(21,22)11(16,17)9(12,13)10(14,15)24(18,19)20/h2-6H,1H2. The van der Waals surface area contributed by atoms with Crippen LogP contribution in [0.3, 0.4) is 0 Å². The molecule has 1 aromatic carbocycles. The van der Waals surface area contributed by atoms with Crippen LogP contribution < -0.4 is 4.18 Å². The van der Waals surface area contributed by atoms with Crippen LogP contribution >= 0.6 is 0 Å². The Labute approximate surface area is 137 Å². The third-order valence-electron chi connectivity index (χ3n) is 2.67. The Morgan fingerprint density at radius 2 is 1.32 bits per heavy atom. The first-order valence-corrected chi connectivity index (χ1v) is 8.54. The van der Waals surface area contributed by atoms with E-state index < -0.39 is 42.5 Å². The van der Waals surface area contributed by atoms with Gasteiger partial charge >= 0.3 is 36.8 Å². The molecule has 5 nitrogen and oxygen atoms in total. The average Bonchev–Trinajstić information content (AvgIpc) is 2.45. The van der Waals surface area contributed by atoms with Gasteiger partial charge < -0.3 is 4.18 Å². The number of benzene rings is 1. The molecular formula is C11H7F7O5S2. The molecule has 0 bridgehead atoms. The summed E-state index contributed by atoms with van der Waals surface area (Å²) in [6.45, 7) is 3.30. The molecule has 0 radical (unpaired) electrons. The highest BCUT2D eigenvalue weighted by atomic mass is 32.3. The largest absolute Gasteiger partial charge is 0.450 e. The van der Waals surface area contributed by atoms with Gasteiger partial charge in [0.1, 0.15) is 5.75 Å². The molecule has 0 aliphatic heterocycles. The fourth-order valence-electron chi connectivity index (χ4n) is 1.32. The molecule has 0 atom stereocenters. The first kappa shape index (κ1) is 21.2. The second-order valence-corrected chi connectivity index (χ2v) is 7.33. The highest BCUT2D eigenvalue weighted by Gasteiger charge is 2.83. The van der Waals surface area contributed by atoms with Crippen molar-refractivity contribution in [2.24, 2.45) is 0 Å². The summed E-state index contributed by atoms with van der Waals surface area (Å²) in [5.41, 5.74) is 0.330. The van der Waals surface area contributed by atoms with E-state index in [0.29, 0.717) is 17.7 Å². The van der Waals surface area contributed by atoms with E-state index in [9.17, 15) is 47.1 Å². The van der Waals surface area contributed by atoms with Gasteiger partial charge in [0.15, 0.2) is 0 Å². The molecule has 0 spiro atoms. The Hall–Kier alpha value is -1.83. The number of hydrogen-bond acceptors (Lipinski definition) is 5. The SMILES string of the molecule is C=Cc1ccc(OS(=O)(=O)C(F)(F)C(F)(F)C(F)(F)S(=O)(=O)F)cc1. The lowest BCUT2D eigenvalue weighted by molar-refractivity contribution is -0.246. The quantitative estimate of drug-likeness (QED) is 0.388.